The van der Waals surface area contributed by atoms with Crippen LogP contribution < -0.4 is 5.32 Å². The lowest BCUT2D eigenvalue weighted by atomic mass is 9.96. The van der Waals surface area contributed by atoms with Gasteiger partial charge in [0.05, 0.1) is 16.7 Å². The predicted octanol–water partition coefficient (Wildman–Crippen LogP) is 2.28. The Bertz CT molecular complexity index is 452. The van der Waals surface area contributed by atoms with Gasteiger partial charge in [0.1, 0.15) is 0 Å². The monoisotopic (exact) mass is 281 g/mol. The number of carbonyl (C=O) groups excluding carboxylic acids is 1. The summed E-state index contributed by atoms with van der Waals surface area (Å²) in [5, 5.41) is 4.37. The fraction of sp³-hybridized carbons (Fsp3) is 0.714. The molecule has 5 heteroatoms. The molecule has 4 nitrogen and oxygen atoms in total. The number of carbonyl (C=O) groups is 1. The van der Waals surface area contributed by atoms with Crippen LogP contribution in [0.3, 0.4) is 0 Å². The van der Waals surface area contributed by atoms with Crippen LogP contribution >= 0.6 is 11.3 Å². The van der Waals surface area contributed by atoms with Crippen LogP contribution in [0.25, 0.3) is 0 Å². The van der Waals surface area contributed by atoms with E-state index in [1.54, 1.807) is 11.3 Å². The van der Waals surface area contributed by atoms with Crippen LogP contribution in [-0.4, -0.2) is 35.9 Å². The van der Waals surface area contributed by atoms with Gasteiger partial charge in [-0.05, 0) is 46.7 Å². The molecule has 1 aliphatic heterocycles. The zero-order valence-electron chi connectivity index (χ0n) is 12.2. The van der Waals surface area contributed by atoms with Gasteiger partial charge in [0.15, 0.2) is 0 Å². The van der Waals surface area contributed by atoms with Crippen molar-refractivity contribution in [3.63, 3.8) is 0 Å². The Morgan fingerprint density at radius 2 is 2.05 bits per heavy atom. The highest BCUT2D eigenvalue weighted by Gasteiger charge is 2.28. The molecule has 1 aliphatic rings. The molecule has 1 saturated heterocycles. The van der Waals surface area contributed by atoms with Gasteiger partial charge in [0, 0.05) is 17.8 Å². The molecule has 0 unspecified atom stereocenters. The van der Waals surface area contributed by atoms with E-state index in [1.165, 1.54) is 4.88 Å². The normalized spacial score (nSPS) is 18.3. The Labute approximate surface area is 119 Å². The maximum Gasteiger partial charge on any atom is 0.226 e. The van der Waals surface area contributed by atoms with Crippen LogP contribution in [0.1, 0.15) is 41.4 Å². The van der Waals surface area contributed by atoms with E-state index >= 15 is 0 Å². The summed E-state index contributed by atoms with van der Waals surface area (Å²) in [5.41, 5.74) is 1.06. The molecule has 1 N–H and O–H groups in total. The van der Waals surface area contributed by atoms with Crippen molar-refractivity contribution in [2.24, 2.45) is 5.92 Å². The Hall–Kier alpha value is -0.940. The number of aryl methyl sites for hydroxylation is 2. The second-order valence-electron chi connectivity index (χ2n) is 5.33. The standard InChI is InChI=1S/C14H23N3OS/c1-9-13(19-11(3)16-9)10(2)17(4)14(18)12-5-7-15-8-6-12/h10,12,15H,5-8H2,1-4H3/t10-/m1/s1. The van der Waals surface area contributed by atoms with Crippen molar-refractivity contribution in [1.82, 2.24) is 15.2 Å². The summed E-state index contributed by atoms with van der Waals surface area (Å²) < 4.78 is 0. The molecule has 0 aromatic carbocycles. The lowest BCUT2D eigenvalue weighted by Gasteiger charge is -2.30. The zero-order chi connectivity index (χ0) is 14.0. The van der Waals surface area contributed by atoms with Crippen molar-refractivity contribution in [2.45, 2.75) is 39.7 Å². The largest absolute Gasteiger partial charge is 0.338 e. The Balaban J connectivity index is 2.07. The summed E-state index contributed by atoms with van der Waals surface area (Å²) in [6.07, 6.45) is 1.91. The highest BCUT2D eigenvalue weighted by Crippen LogP contribution is 2.29. The van der Waals surface area contributed by atoms with Crippen LogP contribution in [0.15, 0.2) is 0 Å². The summed E-state index contributed by atoms with van der Waals surface area (Å²) >= 11 is 1.70. The van der Waals surface area contributed by atoms with E-state index in [0.717, 1.165) is 36.6 Å². The number of hydrogen-bond acceptors (Lipinski definition) is 4. The molecule has 0 saturated carbocycles. The first-order chi connectivity index (χ1) is 9.00. The maximum absolute atomic E-state index is 12.5. The summed E-state index contributed by atoms with van der Waals surface area (Å²) in [4.78, 5) is 20.1. The van der Waals surface area contributed by atoms with Crippen LogP contribution in [0.4, 0.5) is 0 Å². The van der Waals surface area contributed by atoms with Crippen LogP contribution in [0, 0.1) is 19.8 Å². The molecular weight excluding hydrogens is 258 g/mol. The highest BCUT2D eigenvalue weighted by molar-refractivity contribution is 7.11. The first-order valence-electron chi connectivity index (χ1n) is 6.92. The minimum Gasteiger partial charge on any atom is -0.338 e. The van der Waals surface area contributed by atoms with E-state index < -0.39 is 0 Å². The third kappa shape index (κ3) is 3.15. The highest BCUT2D eigenvalue weighted by atomic mass is 32.1. The van der Waals surface area contributed by atoms with Crippen LogP contribution in [-0.2, 0) is 4.79 Å². The topological polar surface area (TPSA) is 45.2 Å². The number of piperidine rings is 1. The van der Waals surface area contributed by atoms with E-state index in [9.17, 15) is 4.79 Å². The number of nitrogens with zero attached hydrogens (tertiary/aromatic N) is 2. The number of nitrogens with one attached hydrogen (secondary N) is 1. The molecule has 1 aromatic heterocycles. The quantitative estimate of drug-likeness (QED) is 0.924. The Kier molecular flexibility index (Phi) is 4.58. The van der Waals surface area contributed by atoms with Crippen molar-refractivity contribution in [3.8, 4) is 0 Å². The lowest BCUT2D eigenvalue weighted by Crippen LogP contribution is -2.40. The molecular formula is C14H23N3OS. The fourth-order valence-electron chi connectivity index (χ4n) is 2.66. The number of rotatable bonds is 3. The minimum atomic E-state index is 0.119. The minimum absolute atomic E-state index is 0.119. The van der Waals surface area contributed by atoms with Gasteiger partial charge in [0.2, 0.25) is 5.91 Å². The summed E-state index contributed by atoms with van der Waals surface area (Å²) in [7, 11) is 1.92. The van der Waals surface area contributed by atoms with E-state index in [0.29, 0.717) is 0 Å². The van der Waals surface area contributed by atoms with E-state index in [4.69, 9.17) is 0 Å². The van der Waals surface area contributed by atoms with Gasteiger partial charge in [-0.25, -0.2) is 4.98 Å². The first kappa shape index (κ1) is 14.5. The zero-order valence-corrected chi connectivity index (χ0v) is 13.0. The predicted molar refractivity (Wildman–Crippen MR) is 78.4 cm³/mol. The maximum atomic E-state index is 12.5. The number of aromatic nitrogens is 1. The molecule has 0 bridgehead atoms. The molecule has 1 amide bonds. The van der Waals surface area contributed by atoms with Gasteiger partial charge >= 0.3 is 0 Å². The second kappa shape index (κ2) is 6.01. The molecule has 2 heterocycles. The Morgan fingerprint density at radius 3 is 2.58 bits per heavy atom. The van der Waals surface area contributed by atoms with Gasteiger partial charge < -0.3 is 10.2 Å². The molecule has 0 aliphatic carbocycles. The first-order valence-corrected chi connectivity index (χ1v) is 7.73. The average molecular weight is 281 g/mol. The fourth-order valence-corrected chi connectivity index (χ4v) is 3.68. The van der Waals surface area contributed by atoms with Gasteiger partial charge in [0.25, 0.3) is 0 Å². The second-order valence-corrected chi connectivity index (χ2v) is 6.57. The molecule has 2 rings (SSSR count). The summed E-state index contributed by atoms with van der Waals surface area (Å²) in [5.74, 6) is 0.461. The van der Waals surface area contributed by atoms with Gasteiger partial charge in [-0.1, -0.05) is 0 Å². The van der Waals surface area contributed by atoms with Gasteiger partial charge in [-0.2, -0.15) is 0 Å². The van der Waals surface area contributed by atoms with Crippen molar-refractivity contribution in [3.05, 3.63) is 15.6 Å². The summed E-state index contributed by atoms with van der Waals surface area (Å²) in [6.45, 7) is 8.05. The number of amides is 1. The molecule has 1 atom stereocenters. The van der Waals surface area contributed by atoms with Crippen molar-refractivity contribution >= 4 is 17.2 Å². The van der Waals surface area contributed by atoms with Crippen molar-refractivity contribution in [2.75, 3.05) is 20.1 Å². The lowest BCUT2D eigenvalue weighted by molar-refractivity contribution is -0.136. The molecule has 0 radical (unpaired) electrons. The van der Waals surface area contributed by atoms with E-state index in [-0.39, 0.29) is 17.9 Å². The molecule has 1 aromatic rings. The van der Waals surface area contributed by atoms with Crippen LogP contribution in [0.2, 0.25) is 0 Å². The van der Waals surface area contributed by atoms with E-state index in [1.807, 2.05) is 25.8 Å². The van der Waals surface area contributed by atoms with Gasteiger partial charge in [-0.3, -0.25) is 4.79 Å². The molecule has 0 spiro atoms. The van der Waals surface area contributed by atoms with Crippen molar-refractivity contribution < 1.29 is 4.79 Å². The molecule has 19 heavy (non-hydrogen) atoms. The number of hydrogen-bond donors (Lipinski definition) is 1. The summed E-state index contributed by atoms with van der Waals surface area (Å²) in [6, 6.07) is 0.119. The molecule has 1 fully saturated rings. The Morgan fingerprint density at radius 1 is 1.42 bits per heavy atom. The third-order valence-corrected chi connectivity index (χ3v) is 5.18. The smallest absolute Gasteiger partial charge is 0.226 e. The SMILES string of the molecule is Cc1nc(C)c([C@@H](C)N(C)C(=O)C2CCNCC2)s1. The average Bonchev–Trinajstić information content (AvgIpc) is 2.76. The molecule has 106 valence electrons. The number of thiazole rings is 1. The van der Waals surface area contributed by atoms with E-state index in [2.05, 4.69) is 17.2 Å². The van der Waals surface area contributed by atoms with Crippen molar-refractivity contribution in [1.29, 1.82) is 0 Å². The van der Waals surface area contributed by atoms with Gasteiger partial charge in [-0.15, -0.1) is 11.3 Å². The third-order valence-electron chi connectivity index (χ3n) is 3.94. The van der Waals surface area contributed by atoms with Crippen LogP contribution in [0.5, 0.6) is 0 Å².